The molecule has 178 valence electrons. The van der Waals surface area contributed by atoms with Crippen molar-refractivity contribution >= 4 is 40.0 Å². The van der Waals surface area contributed by atoms with Gasteiger partial charge < -0.3 is 20.2 Å². The van der Waals surface area contributed by atoms with Gasteiger partial charge in [-0.25, -0.2) is 9.78 Å². The molecule has 4 rings (SSSR count). The van der Waals surface area contributed by atoms with Gasteiger partial charge in [-0.05, 0) is 61.7 Å². The van der Waals surface area contributed by atoms with E-state index in [0.29, 0.717) is 28.8 Å². The van der Waals surface area contributed by atoms with Crippen LogP contribution in [0.5, 0.6) is 0 Å². The Kier molecular flexibility index (Phi) is 7.01. The maximum Gasteiger partial charge on any atom is 0.336 e. The van der Waals surface area contributed by atoms with Gasteiger partial charge >= 0.3 is 5.97 Å². The molecule has 0 radical (unpaired) electrons. The number of carbonyl (C=O) groups is 2. The van der Waals surface area contributed by atoms with E-state index in [2.05, 4.69) is 47.2 Å². The van der Waals surface area contributed by atoms with Crippen LogP contribution in [0.25, 0.3) is 10.9 Å². The van der Waals surface area contributed by atoms with Gasteiger partial charge in [0.25, 0.3) is 0 Å². The number of carbonyl (C=O) groups excluding carboxylic acids is 1. The lowest BCUT2D eigenvalue weighted by Crippen LogP contribution is -2.47. The predicted molar refractivity (Wildman–Crippen MR) is 137 cm³/mol. The Bertz CT molecular complexity index is 1220. The molecular weight excluding hydrogens is 428 g/mol. The van der Waals surface area contributed by atoms with Crippen molar-refractivity contribution < 1.29 is 14.7 Å². The van der Waals surface area contributed by atoms with Crippen LogP contribution in [0.15, 0.2) is 42.5 Å². The van der Waals surface area contributed by atoms with Crippen molar-refractivity contribution in [3.8, 4) is 0 Å². The SMILES string of the molecule is CCCCC(=O)Nc1ccc2nc(N3CCN(c4cccc(C)c4C)CC3)cc(C(=O)O)c2c1. The second-order valence-corrected chi connectivity index (χ2v) is 8.91. The molecular formula is C27H32N4O3. The minimum Gasteiger partial charge on any atom is -0.478 e. The number of aromatic carboxylic acids is 1. The number of hydrogen-bond acceptors (Lipinski definition) is 5. The van der Waals surface area contributed by atoms with Gasteiger partial charge in [0.15, 0.2) is 0 Å². The van der Waals surface area contributed by atoms with Gasteiger partial charge in [-0.2, -0.15) is 0 Å². The summed E-state index contributed by atoms with van der Waals surface area (Å²) in [6.45, 7) is 9.53. The van der Waals surface area contributed by atoms with Gasteiger partial charge in [0.2, 0.25) is 5.91 Å². The van der Waals surface area contributed by atoms with E-state index in [1.54, 1.807) is 24.3 Å². The molecule has 0 bridgehead atoms. The first-order chi connectivity index (χ1) is 16.4. The van der Waals surface area contributed by atoms with Crippen molar-refractivity contribution in [1.82, 2.24) is 4.98 Å². The number of carboxylic acids is 1. The molecule has 34 heavy (non-hydrogen) atoms. The first-order valence-corrected chi connectivity index (χ1v) is 11.9. The molecule has 2 heterocycles. The van der Waals surface area contributed by atoms with Gasteiger partial charge in [0, 0.05) is 49.4 Å². The summed E-state index contributed by atoms with van der Waals surface area (Å²) in [6, 6.07) is 13.3. The van der Waals surface area contributed by atoms with E-state index in [9.17, 15) is 14.7 Å². The smallest absolute Gasteiger partial charge is 0.336 e. The van der Waals surface area contributed by atoms with Crippen LogP contribution in [-0.2, 0) is 4.79 Å². The summed E-state index contributed by atoms with van der Waals surface area (Å²) in [5, 5.41) is 13.3. The molecule has 1 aliphatic heterocycles. The lowest BCUT2D eigenvalue weighted by atomic mass is 10.1. The Morgan fingerprint density at radius 1 is 1.03 bits per heavy atom. The topological polar surface area (TPSA) is 85.8 Å². The van der Waals surface area contributed by atoms with Gasteiger partial charge in [0.1, 0.15) is 5.82 Å². The summed E-state index contributed by atoms with van der Waals surface area (Å²) < 4.78 is 0. The van der Waals surface area contributed by atoms with Gasteiger partial charge in [-0.15, -0.1) is 0 Å². The maximum atomic E-state index is 12.1. The van der Waals surface area contributed by atoms with Crippen LogP contribution in [0.1, 0.15) is 47.7 Å². The molecule has 2 N–H and O–H groups in total. The number of benzene rings is 2. The fourth-order valence-electron chi connectivity index (χ4n) is 4.44. The van der Waals surface area contributed by atoms with E-state index < -0.39 is 5.97 Å². The minimum atomic E-state index is -1.00. The number of anilines is 3. The fraction of sp³-hybridized carbons (Fsp3) is 0.370. The quantitative estimate of drug-likeness (QED) is 0.516. The van der Waals surface area contributed by atoms with Crippen molar-refractivity contribution in [1.29, 1.82) is 0 Å². The minimum absolute atomic E-state index is 0.0654. The largest absolute Gasteiger partial charge is 0.478 e. The van der Waals surface area contributed by atoms with Crippen LogP contribution in [0.4, 0.5) is 17.2 Å². The van der Waals surface area contributed by atoms with E-state index in [1.807, 2.05) is 6.92 Å². The molecule has 1 fully saturated rings. The van der Waals surface area contributed by atoms with Crippen LogP contribution >= 0.6 is 0 Å². The number of amides is 1. The van der Waals surface area contributed by atoms with Crippen LogP contribution in [0.3, 0.4) is 0 Å². The Balaban J connectivity index is 1.55. The third-order valence-electron chi connectivity index (χ3n) is 6.59. The van der Waals surface area contributed by atoms with Crippen LogP contribution in [-0.4, -0.2) is 48.1 Å². The Hall–Kier alpha value is -3.61. The molecule has 7 nitrogen and oxygen atoms in total. The average Bonchev–Trinajstić information content (AvgIpc) is 2.84. The second-order valence-electron chi connectivity index (χ2n) is 8.91. The van der Waals surface area contributed by atoms with Crippen molar-refractivity contribution in [2.75, 3.05) is 41.3 Å². The van der Waals surface area contributed by atoms with E-state index in [0.717, 1.165) is 39.0 Å². The highest BCUT2D eigenvalue weighted by Gasteiger charge is 2.22. The zero-order valence-corrected chi connectivity index (χ0v) is 20.1. The highest BCUT2D eigenvalue weighted by molar-refractivity contribution is 6.05. The highest BCUT2D eigenvalue weighted by atomic mass is 16.4. The number of nitrogens with zero attached hydrogens (tertiary/aromatic N) is 3. The number of aromatic nitrogens is 1. The van der Waals surface area contributed by atoms with Gasteiger partial charge in [-0.1, -0.05) is 25.5 Å². The second kappa shape index (κ2) is 10.1. The Morgan fingerprint density at radius 3 is 2.47 bits per heavy atom. The fourth-order valence-corrected chi connectivity index (χ4v) is 4.44. The summed E-state index contributed by atoms with van der Waals surface area (Å²) in [4.78, 5) is 33.5. The number of unbranched alkanes of at least 4 members (excludes halogenated alkanes) is 1. The van der Waals surface area contributed by atoms with E-state index in [1.165, 1.54) is 16.8 Å². The molecule has 1 aromatic heterocycles. The van der Waals surface area contributed by atoms with Gasteiger partial charge in [-0.3, -0.25) is 4.79 Å². The third kappa shape index (κ3) is 4.98. The molecule has 0 aliphatic carbocycles. The lowest BCUT2D eigenvalue weighted by molar-refractivity contribution is -0.116. The zero-order chi connectivity index (χ0) is 24.2. The predicted octanol–water partition coefficient (Wildman–Crippen LogP) is 5.01. The van der Waals surface area contributed by atoms with Crippen molar-refractivity contribution in [3.05, 3.63) is 59.2 Å². The van der Waals surface area contributed by atoms with E-state index in [-0.39, 0.29) is 11.5 Å². The molecule has 7 heteroatoms. The number of piperazine rings is 1. The van der Waals surface area contributed by atoms with Gasteiger partial charge in [0.05, 0.1) is 11.1 Å². The van der Waals surface area contributed by atoms with Crippen LogP contribution < -0.4 is 15.1 Å². The number of aryl methyl sites for hydroxylation is 1. The normalized spacial score (nSPS) is 13.9. The number of hydrogen-bond donors (Lipinski definition) is 2. The summed E-state index contributed by atoms with van der Waals surface area (Å²) in [6.07, 6.45) is 2.22. The number of fused-ring (bicyclic) bond motifs is 1. The zero-order valence-electron chi connectivity index (χ0n) is 20.1. The molecule has 0 atom stereocenters. The summed E-state index contributed by atoms with van der Waals surface area (Å²) in [5.41, 5.74) is 5.23. The molecule has 2 aromatic carbocycles. The van der Waals surface area contributed by atoms with Crippen molar-refractivity contribution in [3.63, 3.8) is 0 Å². The van der Waals surface area contributed by atoms with Crippen LogP contribution in [0.2, 0.25) is 0 Å². The van der Waals surface area contributed by atoms with Crippen LogP contribution in [0, 0.1) is 13.8 Å². The standard InChI is InChI=1S/C27H32N4O3/c1-4-5-9-26(32)28-20-10-11-23-21(16-20)22(27(33)34)17-25(29-23)31-14-12-30(13-15-31)24-8-6-7-18(2)19(24)3/h6-8,10-11,16-17H,4-5,9,12-15H2,1-3H3,(H,28,32)(H,33,34). The maximum absolute atomic E-state index is 12.1. The number of nitrogens with one attached hydrogen (secondary N) is 1. The molecule has 1 amide bonds. The number of carboxylic acid groups (broad SMARTS) is 1. The molecule has 3 aromatic rings. The first-order valence-electron chi connectivity index (χ1n) is 11.9. The average molecular weight is 461 g/mol. The summed E-state index contributed by atoms with van der Waals surface area (Å²) in [7, 11) is 0. The van der Waals surface area contributed by atoms with Crippen molar-refractivity contribution in [2.45, 2.75) is 40.0 Å². The molecule has 0 saturated carbocycles. The molecule has 0 unspecified atom stereocenters. The number of rotatable bonds is 7. The Morgan fingerprint density at radius 2 is 1.76 bits per heavy atom. The first kappa shape index (κ1) is 23.5. The Labute approximate surface area is 200 Å². The summed E-state index contributed by atoms with van der Waals surface area (Å²) in [5.74, 6) is -0.397. The number of pyridine rings is 1. The van der Waals surface area contributed by atoms with E-state index in [4.69, 9.17) is 4.98 Å². The third-order valence-corrected chi connectivity index (χ3v) is 6.59. The van der Waals surface area contributed by atoms with Crippen molar-refractivity contribution in [2.24, 2.45) is 0 Å². The molecule has 1 aliphatic rings. The molecule has 1 saturated heterocycles. The lowest BCUT2D eigenvalue weighted by Gasteiger charge is -2.37. The molecule has 0 spiro atoms. The summed E-state index contributed by atoms with van der Waals surface area (Å²) >= 11 is 0. The highest BCUT2D eigenvalue weighted by Crippen LogP contribution is 2.28. The monoisotopic (exact) mass is 460 g/mol. The van der Waals surface area contributed by atoms with E-state index >= 15 is 0 Å².